The van der Waals surface area contributed by atoms with Crippen molar-refractivity contribution in [3.8, 4) is 51.0 Å². The number of hydrogen-bond acceptors (Lipinski definition) is 4. The summed E-state index contributed by atoms with van der Waals surface area (Å²) in [6.45, 7) is 0. The molecular formula is C52H32N6. The van der Waals surface area contributed by atoms with Crippen LogP contribution in [0.15, 0.2) is 194 Å². The molecule has 0 aliphatic heterocycles. The van der Waals surface area contributed by atoms with E-state index in [9.17, 15) is 0 Å². The van der Waals surface area contributed by atoms with Crippen LogP contribution in [0.5, 0.6) is 0 Å². The Bertz CT molecular complexity index is 3510. The van der Waals surface area contributed by atoms with Gasteiger partial charge >= 0.3 is 0 Å². The second-order valence-electron chi connectivity index (χ2n) is 14.7. The number of nitrogens with zero attached hydrogens (tertiary/aromatic N) is 6. The number of fused-ring (bicyclic) bond motifs is 12. The van der Waals surface area contributed by atoms with E-state index in [0.29, 0.717) is 17.5 Å². The number of para-hydroxylation sites is 3. The molecule has 6 heteroatoms. The molecule has 0 atom stereocenters. The van der Waals surface area contributed by atoms with Crippen molar-refractivity contribution in [2.75, 3.05) is 0 Å². The van der Waals surface area contributed by atoms with Crippen LogP contribution >= 0.6 is 0 Å². The van der Waals surface area contributed by atoms with Gasteiger partial charge in [-0.05, 0) is 52.9 Å². The molecule has 6 nitrogen and oxygen atoms in total. The van der Waals surface area contributed by atoms with Gasteiger partial charge in [-0.15, -0.1) is 0 Å². The monoisotopic (exact) mass is 740 g/mol. The Morgan fingerprint density at radius 1 is 0.310 bits per heavy atom. The van der Waals surface area contributed by atoms with Crippen molar-refractivity contribution in [3.05, 3.63) is 194 Å². The van der Waals surface area contributed by atoms with Crippen molar-refractivity contribution in [3.63, 3.8) is 0 Å². The minimum absolute atomic E-state index is 0.628. The Kier molecular flexibility index (Phi) is 7.13. The molecule has 8 aromatic carbocycles. The minimum Gasteiger partial charge on any atom is -0.307 e. The summed E-state index contributed by atoms with van der Waals surface area (Å²) < 4.78 is 4.81. The number of aromatic nitrogens is 6. The van der Waals surface area contributed by atoms with E-state index in [1.807, 2.05) is 60.7 Å². The molecule has 0 saturated carbocycles. The van der Waals surface area contributed by atoms with E-state index in [2.05, 4.69) is 142 Å². The van der Waals surface area contributed by atoms with Gasteiger partial charge in [-0.1, -0.05) is 158 Å². The summed E-state index contributed by atoms with van der Waals surface area (Å²) in [5.74, 6) is 1.91. The number of pyridine rings is 1. The Morgan fingerprint density at radius 3 is 1.55 bits per heavy atom. The zero-order valence-electron chi connectivity index (χ0n) is 31.2. The first-order valence-corrected chi connectivity index (χ1v) is 19.5. The van der Waals surface area contributed by atoms with Crippen LogP contribution in [0.3, 0.4) is 0 Å². The summed E-state index contributed by atoms with van der Waals surface area (Å²) in [5, 5.41) is 5.92. The predicted octanol–water partition coefficient (Wildman–Crippen LogP) is 12.7. The molecule has 0 aliphatic rings. The summed E-state index contributed by atoms with van der Waals surface area (Å²) in [5.41, 5.74) is 12.5. The second-order valence-corrected chi connectivity index (χ2v) is 14.7. The lowest BCUT2D eigenvalue weighted by Crippen LogP contribution is -2.00. The largest absolute Gasteiger partial charge is 0.307 e. The van der Waals surface area contributed by atoms with Crippen molar-refractivity contribution < 1.29 is 0 Å². The van der Waals surface area contributed by atoms with Gasteiger partial charge in [0.25, 0.3) is 0 Å². The number of imidazole rings is 1. The molecule has 0 saturated heterocycles. The van der Waals surface area contributed by atoms with Gasteiger partial charge < -0.3 is 4.57 Å². The molecule has 0 radical (unpaired) electrons. The van der Waals surface area contributed by atoms with Crippen molar-refractivity contribution in [1.29, 1.82) is 0 Å². The highest BCUT2D eigenvalue weighted by Gasteiger charge is 2.21. The molecule has 0 spiro atoms. The lowest BCUT2D eigenvalue weighted by molar-refractivity contribution is 1.07. The Morgan fingerprint density at radius 2 is 0.828 bits per heavy atom. The normalized spacial score (nSPS) is 11.8. The third kappa shape index (κ3) is 4.98. The average molecular weight is 741 g/mol. The van der Waals surface area contributed by atoms with E-state index >= 15 is 0 Å². The van der Waals surface area contributed by atoms with Crippen molar-refractivity contribution in [2.45, 2.75) is 0 Å². The van der Waals surface area contributed by atoms with Gasteiger partial charge in [-0.25, -0.2) is 19.9 Å². The maximum absolute atomic E-state index is 5.23. The predicted molar refractivity (Wildman–Crippen MR) is 237 cm³/mol. The third-order valence-corrected chi connectivity index (χ3v) is 11.3. The van der Waals surface area contributed by atoms with E-state index in [1.54, 1.807) is 0 Å². The summed E-state index contributed by atoms with van der Waals surface area (Å²) in [6, 6.07) is 68.0. The first kappa shape index (κ1) is 32.3. The number of hydrogen-bond donors (Lipinski definition) is 0. The molecular weight excluding hydrogens is 709 g/mol. The van der Waals surface area contributed by atoms with Crippen molar-refractivity contribution in [2.24, 2.45) is 0 Å². The summed E-state index contributed by atoms with van der Waals surface area (Å²) in [7, 11) is 0. The van der Waals surface area contributed by atoms with Crippen LogP contribution in [-0.4, -0.2) is 28.9 Å². The summed E-state index contributed by atoms with van der Waals surface area (Å²) >= 11 is 0. The summed E-state index contributed by atoms with van der Waals surface area (Å²) in [6.07, 6.45) is 0. The average Bonchev–Trinajstić information content (AvgIpc) is 3.86. The lowest BCUT2D eigenvalue weighted by atomic mass is 10.0. The van der Waals surface area contributed by atoms with Crippen LogP contribution in [0.1, 0.15) is 0 Å². The van der Waals surface area contributed by atoms with Gasteiger partial charge in [0.1, 0.15) is 5.65 Å². The van der Waals surface area contributed by atoms with Crippen LogP contribution in [0.2, 0.25) is 0 Å². The van der Waals surface area contributed by atoms with Crippen LogP contribution in [0.4, 0.5) is 0 Å². The highest BCUT2D eigenvalue weighted by atomic mass is 15.1. The lowest BCUT2D eigenvalue weighted by Gasteiger charge is -2.15. The van der Waals surface area contributed by atoms with E-state index in [-0.39, 0.29) is 0 Å². The second kappa shape index (κ2) is 12.8. The van der Waals surface area contributed by atoms with E-state index in [0.717, 1.165) is 72.1 Å². The fourth-order valence-electron chi connectivity index (χ4n) is 8.70. The Hall–Kier alpha value is -7.96. The molecule has 12 rings (SSSR count). The standard InChI is InChI=1S/C52H32N6/c1-3-15-33(16-4-1)49-54-50(34-17-5-2-6-18-34)56-51(55-49)37-21-13-19-35(31-37)36-20-14-22-38(32-36)57-45-27-11-9-24-40(45)42-30-29-41-39-23-7-8-25-43(39)52-53-44-26-10-12-28-46(44)58(52)48(41)47(42)57/h1-32H. The molecule has 270 valence electrons. The zero-order chi connectivity index (χ0) is 38.2. The van der Waals surface area contributed by atoms with Gasteiger partial charge in [0.15, 0.2) is 17.5 Å². The van der Waals surface area contributed by atoms with Gasteiger partial charge in [-0.2, -0.15) is 0 Å². The molecule has 0 fully saturated rings. The van der Waals surface area contributed by atoms with Crippen LogP contribution in [0, 0.1) is 0 Å². The van der Waals surface area contributed by atoms with Crippen LogP contribution in [0.25, 0.3) is 111 Å². The maximum atomic E-state index is 5.23. The van der Waals surface area contributed by atoms with Crippen LogP contribution < -0.4 is 0 Å². The molecule has 0 amide bonds. The quantitative estimate of drug-likeness (QED) is 0.165. The summed E-state index contributed by atoms with van der Waals surface area (Å²) in [4.78, 5) is 20.2. The highest BCUT2D eigenvalue weighted by Crippen LogP contribution is 2.41. The number of rotatable bonds is 5. The van der Waals surface area contributed by atoms with E-state index in [1.165, 1.54) is 21.5 Å². The third-order valence-electron chi connectivity index (χ3n) is 11.3. The fraction of sp³-hybridized carbons (Fsp3) is 0. The molecule has 4 aromatic heterocycles. The van der Waals surface area contributed by atoms with E-state index < -0.39 is 0 Å². The van der Waals surface area contributed by atoms with Gasteiger partial charge in [-0.3, -0.25) is 4.40 Å². The maximum Gasteiger partial charge on any atom is 0.164 e. The van der Waals surface area contributed by atoms with Crippen LogP contribution in [-0.2, 0) is 0 Å². The van der Waals surface area contributed by atoms with Crippen molar-refractivity contribution in [1.82, 2.24) is 28.9 Å². The van der Waals surface area contributed by atoms with Gasteiger partial charge in [0.05, 0.1) is 27.6 Å². The van der Waals surface area contributed by atoms with E-state index in [4.69, 9.17) is 19.9 Å². The van der Waals surface area contributed by atoms with Crippen molar-refractivity contribution >= 4 is 60.2 Å². The number of benzene rings is 8. The molecule has 0 bridgehead atoms. The smallest absolute Gasteiger partial charge is 0.164 e. The van der Waals surface area contributed by atoms with Gasteiger partial charge in [0, 0.05) is 43.9 Å². The Balaban J connectivity index is 1.08. The molecule has 12 aromatic rings. The first-order chi connectivity index (χ1) is 28.8. The zero-order valence-corrected chi connectivity index (χ0v) is 31.2. The molecule has 0 aliphatic carbocycles. The Labute approximate surface area is 333 Å². The topological polar surface area (TPSA) is 60.9 Å². The molecule has 0 unspecified atom stereocenters. The first-order valence-electron chi connectivity index (χ1n) is 19.5. The molecule has 4 heterocycles. The highest BCUT2D eigenvalue weighted by molar-refractivity contribution is 6.24. The molecule has 58 heavy (non-hydrogen) atoms. The fourth-order valence-corrected chi connectivity index (χ4v) is 8.70. The molecule has 0 N–H and O–H groups in total. The van der Waals surface area contributed by atoms with Gasteiger partial charge in [0.2, 0.25) is 0 Å². The minimum atomic E-state index is 0.628. The SMILES string of the molecule is c1ccc(-c2nc(-c3ccccc3)nc(-c3cccc(-c4cccc(-n5c6ccccc6c6ccc7c8ccccc8c8nc9ccccc9n8c7c65)c4)c3)n2)cc1.